The van der Waals surface area contributed by atoms with E-state index in [1.165, 1.54) is 31.0 Å². The smallest absolute Gasteiger partial charge is 0.416 e. The normalized spacial score (nSPS) is 13.7. The molecule has 0 unspecified atom stereocenters. The van der Waals surface area contributed by atoms with Crippen molar-refractivity contribution in [1.29, 1.82) is 0 Å². The van der Waals surface area contributed by atoms with Gasteiger partial charge in [0.1, 0.15) is 13.0 Å². The third kappa shape index (κ3) is 3.93. The number of ketones is 1. The molecule has 2 aromatic rings. The fraction of sp³-hybridized carbons (Fsp3) is 0.235. The minimum Gasteiger partial charge on any atom is -0.472 e. The molecule has 0 bridgehead atoms. The Morgan fingerprint density at radius 2 is 1.85 bits per heavy atom. The van der Waals surface area contributed by atoms with E-state index in [0.717, 1.165) is 17.1 Å². The summed E-state index contributed by atoms with van der Waals surface area (Å²) >= 11 is 0. The standard InChI is InChI=1S/C17H14F3N3O3/c18-17(19,20)14-3-1-11(2-4-14)5-12-7-26-8-13(12)6-15(24)16(25)23-10-21-9-22-23/h1-4,7-9H,5-6,10H2,(H,21,22). The number of rotatable bonds is 5. The summed E-state index contributed by atoms with van der Waals surface area (Å²) in [5.41, 5.74) is 1.05. The van der Waals surface area contributed by atoms with Crippen molar-refractivity contribution >= 4 is 18.0 Å². The first-order chi connectivity index (χ1) is 12.3. The minimum absolute atomic E-state index is 0.133. The molecule has 1 aliphatic heterocycles. The van der Waals surface area contributed by atoms with Crippen molar-refractivity contribution < 1.29 is 27.2 Å². The van der Waals surface area contributed by atoms with Crippen LogP contribution in [0.4, 0.5) is 13.2 Å². The van der Waals surface area contributed by atoms with E-state index in [0.29, 0.717) is 16.7 Å². The third-order valence-electron chi connectivity index (χ3n) is 3.86. The maximum atomic E-state index is 12.6. The van der Waals surface area contributed by atoms with Gasteiger partial charge in [-0.05, 0) is 23.3 Å². The largest absolute Gasteiger partial charge is 0.472 e. The molecule has 3 rings (SSSR count). The first-order valence-electron chi connectivity index (χ1n) is 7.65. The molecule has 1 amide bonds. The van der Waals surface area contributed by atoms with Crippen LogP contribution in [0, 0.1) is 0 Å². The summed E-state index contributed by atoms with van der Waals surface area (Å²) in [6.45, 7) is 0.133. The second-order valence-electron chi connectivity index (χ2n) is 5.71. The van der Waals surface area contributed by atoms with Gasteiger partial charge in [-0.3, -0.25) is 9.59 Å². The van der Waals surface area contributed by atoms with E-state index in [1.54, 1.807) is 0 Å². The van der Waals surface area contributed by atoms with Crippen LogP contribution in [0.25, 0.3) is 0 Å². The summed E-state index contributed by atoms with van der Waals surface area (Å²) in [4.78, 5) is 24.1. The highest BCUT2D eigenvalue weighted by Gasteiger charge is 2.30. The van der Waals surface area contributed by atoms with E-state index in [9.17, 15) is 22.8 Å². The van der Waals surface area contributed by atoms with Gasteiger partial charge >= 0.3 is 12.1 Å². The van der Waals surface area contributed by atoms with E-state index in [-0.39, 0.29) is 19.5 Å². The number of hydrogen-bond acceptors (Lipinski definition) is 5. The molecule has 1 aromatic carbocycles. The Morgan fingerprint density at radius 1 is 1.15 bits per heavy atom. The molecule has 0 fully saturated rings. The number of hydrazone groups is 1. The van der Waals surface area contributed by atoms with Gasteiger partial charge in [0.15, 0.2) is 0 Å². The van der Waals surface area contributed by atoms with Gasteiger partial charge in [-0.25, -0.2) is 5.01 Å². The second-order valence-corrected chi connectivity index (χ2v) is 5.71. The lowest BCUT2D eigenvalue weighted by atomic mass is 10.00. The highest BCUT2D eigenvalue weighted by Crippen LogP contribution is 2.29. The number of benzene rings is 1. The van der Waals surface area contributed by atoms with E-state index >= 15 is 0 Å². The second kappa shape index (κ2) is 7.03. The van der Waals surface area contributed by atoms with Gasteiger partial charge in [-0.2, -0.15) is 18.3 Å². The van der Waals surface area contributed by atoms with Gasteiger partial charge in [0.2, 0.25) is 5.78 Å². The maximum Gasteiger partial charge on any atom is 0.416 e. The number of nitrogens with zero attached hydrogens (tertiary/aromatic N) is 2. The number of amides is 1. The zero-order chi connectivity index (χ0) is 18.7. The Kier molecular flexibility index (Phi) is 4.79. The Labute approximate surface area is 146 Å². The lowest BCUT2D eigenvalue weighted by Gasteiger charge is -2.10. The number of carbonyl (C=O) groups excluding carboxylic acids is 2. The maximum absolute atomic E-state index is 12.6. The van der Waals surface area contributed by atoms with Crippen molar-refractivity contribution in [2.45, 2.75) is 19.0 Å². The van der Waals surface area contributed by atoms with Crippen LogP contribution < -0.4 is 5.32 Å². The fourth-order valence-electron chi connectivity index (χ4n) is 2.49. The van der Waals surface area contributed by atoms with Gasteiger partial charge in [0.25, 0.3) is 0 Å². The molecule has 26 heavy (non-hydrogen) atoms. The van der Waals surface area contributed by atoms with Gasteiger partial charge in [-0.15, -0.1) is 0 Å². The van der Waals surface area contributed by atoms with Crippen molar-refractivity contribution in [3.63, 3.8) is 0 Å². The zero-order valence-corrected chi connectivity index (χ0v) is 13.4. The monoisotopic (exact) mass is 365 g/mol. The molecule has 1 N–H and O–H groups in total. The minimum atomic E-state index is -4.39. The molecule has 9 heteroatoms. The number of furan rings is 1. The van der Waals surface area contributed by atoms with E-state index in [1.807, 2.05) is 0 Å². The highest BCUT2D eigenvalue weighted by molar-refractivity contribution is 6.36. The highest BCUT2D eigenvalue weighted by atomic mass is 19.4. The van der Waals surface area contributed by atoms with Crippen LogP contribution in [-0.4, -0.2) is 29.7 Å². The lowest BCUT2D eigenvalue weighted by molar-refractivity contribution is -0.144. The molecule has 136 valence electrons. The van der Waals surface area contributed by atoms with Gasteiger partial charge in [0, 0.05) is 18.4 Å². The number of halogens is 3. The fourth-order valence-corrected chi connectivity index (χ4v) is 2.49. The summed E-state index contributed by atoms with van der Waals surface area (Å²) in [7, 11) is 0. The summed E-state index contributed by atoms with van der Waals surface area (Å²) < 4.78 is 42.9. The first kappa shape index (κ1) is 17.7. The quantitative estimate of drug-likeness (QED) is 0.826. The van der Waals surface area contributed by atoms with Crippen molar-refractivity contribution in [3.8, 4) is 0 Å². The molecular weight excluding hydrogens is 351 g/mol. The molecule has 0 saturated carbocycles. The van der Waals surface area contributed by atoms with Crippen LogP contribution in [-0.2, 0) is 28.6 Å². The van der Waals surface area contributed by atoms with E-state index < -0.39 is 23.4 Å². The summed E-state index contributed by atoms with van der Waals surface area (Å²) in [5.74, 6) is -1.39. The molecule has 0 saturated heterocycles. The Balaban J connectivity index is 1.67. The Hall–Kier alpha value is -3.10. The summed E-state index contributed by atoms with van der Waals surface area (Å²) in [6.07, 6.45) is -0.180. The average molecular weight is 365 g/mol. The predicted octanol–water partition coefficient (Wildman–Crippen LogP) is 2.33. The van der Waals surface area contributed by atoms with Crippen LogP contribution in [0.5, 0.6) is 0 Å². The molecule has 0 aliphatic carbocycles. The molecule has 1 aromatic heterocycles. The van der Waals surface area contributed by atoms with Gasteiger partial charge < -0.3 is 9.73 Å². The Bertz CT molecular complexity index is 841. The van der Waals surface area contributed by atoms with Crippen molar-refractivity contribution in [2.75, 3.05) is 6.67 Å². The predicted molar refractivity (Wildman–Crippen MR) is 85.0 cm³/mol. The number of carbonyl (C=O) groups is 2. The summed E-state index contributed by atoms with van der Waals surface area (Å²) in [6, 6.07) is 4.75. The number of hydrogen-bond donors (Lipinski definition) is 1. The Morgan fingerprint density at radius 3 is 2.46 bits per heavy atom. The zero-order valence-electron chi connectivity index (χ0n) is 13.4. The van der Waals surface area contributed by atoms with Crippen molar-refractivity contribution in [1.82, 2.24) is 10.3 Å². The molecule has 2 heterocycles. The molecular formula is C17H14F3N3O3. The van der Waals surface area contributed by atoms with Crippen molar-refractivity contribution in [2.24, 2.45) is 5.10 Å². The van der Waals surface area contributed by atoms with E-state index in [4.69, 9.17) is 4.42 Å². The van der Waals surface area contributed by atoms with Crippen LogP contribution >= 0.6 is 0 Å². The molecule has 6 nitrogen and oxygen atoms in total. The van der Waals surface area contributed by atoms with Gasteiger partial charge in [0.05, 0.1) is 18.1 Å². The van der Waals surface area contributed by atoms with Crippen LogP contribution in [0.15, 0.2) is 46.3 Å². The SMILES string of the molecule is O=C(Cc1cocc1Cc1ccc(C(F)(F)F)cc1)C(=O)N1CNC=N1. The van der Waals surface area contributed by atoms with Crippen LogP contribution in [0.2, 0.25) is 0 Å². The number of nitrogens with one attached hydrogen (secondary N) is 1. The average Bonchev–Trinajstić information content (AvgIpc) is 3.26. The molecule has 0 spiro atoms. The third-order valence-corrected chi connectivity index (χ3v) is 3.86. The van der Waals surface area contributed by atoms with Crippen LogP contribution in [0.3, 0.4) is 0 Å². The first-order valence-corrected chi connectivity index (χ1v) is 7.65. The number of alkyl halides is 3. The van der Waals surface area contributed by atoms with Crippen molar-refractivity contribution in [3.05, 3.63) is 59.0 Å². The molecule has 0 atom stereocenters. The van der Waals surface area contributed by atoms with Crippen LogP contribution in [0.1, 0.15) is 22.3 Å². The summed E-state index contributed by atoms with van der Waals surface area (Å²) in [5, 5.41) is 7.42. The molecule has 1 aliphatic rings. The topological polar surface area (TPSA) is 74.9 Å². The molecule has 0 radical (unpaired) electrons. The van der Waals surface area contributed by atoms with E-state index in [2.05, 4.69) is 10.4 Å². The van der Waals surface area contributed by atoms with Gasteiger partial charge in [-0.1, -0.05) is 12.1 Å². The lowest BCUT2D eigenvalue weighted by Crippen LogP contribution is -2.34. The number of Topliss-reactive ketones (excluding diaryl/α,β-unsaturated/α-hetero) is 1.